The first-order valence-electron chi connectivity index (χ1n) is 6.74. The van der Waals surface area contributed by atoms with Crippen molar-refractivity contribution in [3.05, 3.63) is 0 Å². The standard InChI is InChI=1S/C12H23N3O2S/c1-15(11-7-8-18(16,17)9-11)12(13)14-10-5-3-2-4-6-10/h10-11H,2-9H2,1H3,(H2,13,14). The van der Waals surface area contributed by atoms with E-state index in [1.807, 2.05) is 11.9 Å². The van der Waals surface area contributed by atoms with E-state index in [1.165, 1.54) is 19.3 Å². The second-order valence-electron chi connectivity index (χ2n) is 5.45. The lowest BCUT2D eigenvalue weighted by molar-refractivity contribution is 0.380. The van der Waals surface area contributed by atoms with Gasteiger partial charge < -0.3 is 10.6 Å². The van der Waals surface area contributed by atoms with Crippen LogP contribution in [0.4, 0.5) is 0 Å². The number of nitrogens with two attached hydrogens (primary N) is 1. The third-order valence-corrected chi connectivity index (χ3v) is 5.76. The molecule has 0 bridgehead atoms. The van der Waals surface area contributed by atoms with E-state index >= 15 is 0 Å². The van der Waals surface area contributed by atoms with Gasteiger partial charge in [-0.05, 0) is 19.3 Å². The first-order valence-corrected chi connectivity index (χ1v) is 8.56. The molecule has 0 radical (unpaired) electrons. The first-order chi connectivity index (χ1) is 8.48. The lowest BCUT2D eigenvalue weighted by Gasteiger charge is -2.26. The molecule has 104 valence electrons. The summed E-state index contributed by atoms with van der Waals surface area (Å²) in [4.78, 5) is 6.40. The van der Waals surface area contributed by atoms with Crippen LogP contribution in [0.2, 0.25) is 0 Å². The van der Waals surface area contributed by atoms with Gasteiger partial charge in [-0.15, -0.1) is 0 Å². The zero-order valence-corrected chi connectivity index (χ0v) is 11.8. The Morgan fingerprint density at radius 1 is 1.22 bits per heavy atom. The van der Waals surface area contributed by atoms with E-state index in [2.05, 4.69) is 4.99 Å². The van der Waals surface area contributed by atoms with Crippen molar-refractivity contribution in [2.24, 2.45) is 10.7 Å². The van der Waals surface area contributed by atoms with Crippen molar-refractivity contribution in [1.82, 2.24) is 4.90 Å². The normalized spacial score (nSPS) is 29.4. The van der Waals surface area contributed by atoms with Crippen molar-refractivity contribution in [2.45, 2.75) is 50.6 Å². The first kappa shape index (κ1) is 13.6. The van der Waals surface area contributed by atoms with Gasteiger partial charge in [0.2, 0.25) is 0 Å². The highest BCUT2D eigenvalue weighted by atomic mass is 32.2. The lowest BCUT2D eigenvalue weighted by atomic mass is 9.96. The van der Waals surface area contributed by atoms with Gasteiger partial charge in [0.1, 0.15) is 0 Å². The van der Waals surface area contributed by atoms with E-state index in [0.29, 0.717) is 18.4 Å². The minimum Gasteiger partial charge on any atom is -0.370 e. The molecular weight excluding hydrogens is 250 g/mol. The molecule has 1 unspecified atom stereocenters. The number of aliphatic imine (C=N–C) groups is 1. The molecular formula is C12H23N3O2S. The molecule has 5 nitrogen and oxygen atoms in total. The highest BCUT2D eigenvalue weighted by Crippen LogP contribution is 2.21. The molecule has 1 saturated heterocycles. The average Bonchev–Trinajstić information content (AvgIpc) is 2.70. The van der Waals surface area contributed by atoms with Crippen molar-refractivity contribution < 1.29 is 8.42 Å². The summed E-state index contributed by atoms with van der Waals surface area (Å²) >= 11 is 0. The number of nitrogens with zero attached hydrogens (tertiary/aromatic N) is 2. The molecule has 0 aromatic rings. The molecule has 1 saturated carbocycles. The van der Waals surface area contributed by atoms with Crippen molar-refractivity contribution >= 4 is 15.8 Å². The molecule has 0 spiro atoms. The Morgan fingerprint density at radius 2 is 1.89 bits per heavy atom. The molecule has 6 heteroatoms. The number of guanidine groups is 1. The largest absolute Gasteiger partial charge is 0.370 e. The predicted octanol–water partition coefficient (Wildman–Crippen LogP) is 0.753. The third-order valence-electron chi connectivity index (χ3n) is 4.01. The van der Waals surface area contributed by atoms with Gasteiger partial charge in [-0.3, -0.25) is 0 Å². The van der Waals surface area contributed by atoms with Crippen LogP contribution >= 0.6 is 0 Å². The molecule has 1 heterocycles. The fourth-order valence-corrected chi connectivity index (χ4v) is 4.53. The molecule has 2 rings (SSSR count). The van der Waals surface area contributed by atoms with E-state index in [1.54, 1.807) is 0 Å². The maximum Gasteiger partial charge on any atom is 0.191 e. The van der Waals surface area contributed by atoms with Gasteiger partial charge in [-0.2, -0.15) is 0 Å². The summed E-state index contributed by atoms with van der Waals surface area (Å²) in [6.45, 7) is 0. The molecule has 2 N–H and O–H groups in total. The summed E-state index contributed by atoms with van der Waals surface area (Å²) in [6, 6.07) is 0.335. The summed E-state index contributed by atoms with van der Waals surface area (Å²) in [5.41, 5.74) is 6.00. The number of hydrogen-bond acceptors (Lipinski definition) is 3. The summed E-state index contributed by atoms with van der Waals surface area (Å²) < 4.78 is 22.9. The highest BCUT2D eigenvalue weighted by Gasteiger charge is 2.31. The highest BCUT2D eigenvalue weighted by molar-refractivity contribution is 7.91. The molecule has 1 atom stereocenters. The lowest BCUT2D eigenvalue weighted by Crippen LogP contribution is -2.43. The smallest absolute Gasteiger partial charge is 0.191 e. The molecule has 0 aromatic carbocycles. The summed E-state index contributed by atoms with van der Waals surface area (Å²) in [5.74, 6) is 0.993. The van der Waals surface area contributed by atoms with Gasteiger partial charge in [0.15, 0.2) is 15.8 Å². The Bertz CT molecular complexity index is 413. The number of hydrogen-bond donors (Lipinski definition) is 1. The van der Waals surface area contributed by atoms with Crippen LogP contribution in [0.15, 0.2) is 4.99 Å². The second-order valence-corrected chi connectivity index (χ2v) is 7.68. The summed E-state index contributed by atoms with van der Waals surface area (Å²) in [5, 5.41) is 0. The van der Waals surface area contributed by atoms with Crippen molar-refractivity contribution in [1.29, 1.82) is 0 Å². The van der Waals surface area contributed by atoms with Crippen molar-refractivity contribution in [2.75, 3.05) is 18.6 Å². The fourth-order valence-electron chi connectivity index (χ4n) is 2.76. The van der Waals surface area contributed by atoms with Gasteiger partial charge in [-0.1, -0.05) is 19.3 Å². The van der Waals surface area contributed by atoms with Gasteiger partial charge in [0.25, 0.3) is 0 Å². The van der Waals surface area contributed by atoms with Crippen LogP contribution in [0.1, 0.15) is 38.5 Å². The van der Waals surface area contributed by atoms with Crippen LogP contribution < -0.4 is 5.73 Å². The third kappa shape index (κ3) is 3.37. The topological polar surface area (TPSA) is 75.8 Å². The van der Waals surface area contributed by atoms with E-state index in [0.717, 1.165) is 12.8 Å². The number of sulfone groups is 1. The Morgan fingerprint density at radius 3 is 2.44 bits per heavy atom. The summed E-state index contributed by atoms with van der Waals surface area (Å²) in [6.07, 6.45) is 6.63. The van der Waals surface area contributed by atoms with Gasteiger partial charge in [0, 0.05) is 13.1 Å². The molecule has 0 aromatic heterocycles. The van der Waals surface area contributed by atoms with Gasteiger partial charge >= 0.3 is 0 Å². The minimum atomic E-state index is -2.86. The van der Waals surface area contributed by atoms with Crippen LogP contribution in [0.25, 0.3) is 0 Å². The average molecular weight is 273 g/mol. The Kier molecular flexibility index (Phi) is 4.14. The Labute approximate surface area is 109 Å². The van der Waals surface area contributed by atoms with E-state index in [4.69, 9.17) is 5.73 Å². The van der Waals surface area contributed by atoms with Crippen molar-refractivity contribution in [3.63, 3.8) is 0 Å². The fraction of sp³-hybridized carbons (Fsp3) is 0.917. The van der Waals surface area contributed by atoms with Crippen LogP contribution in [0, 0.1) is 0 Å². The van der Waals surface area contributed by atoms with E-state index in [-0.39, 0.29) is 17.5 Å². The SMILES string of the molecule is CN(C(N)=NC1CCCCC1)C1CCS(=O)(=O)C1. The van der Waals surface area contributed by atoms with E-state index in [9.17, 15) is 8.42 Å². The monoisotopic (exact) mass is 273 g/mol. The summed E-state index contributed by atoms with van der Waals surface area (Å²) in [7, 11) is -1.00. The zero-order chi connectivity index (χ0) is 13.2. The predicted molar refractivity (Wildman–Crippen MR) is 73.3 cm³/mol. The molecule has 18 heavy (non-hydrogen) atoms. The molecule has 2 fully saturated rings. The van der Waals surface area contributed by atoms with Crippen LogP contribution in [-0.2, 0) is 9.84 Å². The minimum absolute atomic E-state index is 0.00217. The van der Waals surface area contributed by atoms with Gasteiger partial charge in [0.05, 0.1) is 17.5 Å². The van der Waals surface area contributed by atoms with Gasteiger partial charge in [-0.25, -0.2) is 13.4 Å². The van der Waals surface area contributed by atoms with Crippen LogP contribution in [0.5, 0.6) is 0 Å². The van der Waals surface area contributed by atoms with E-state index < -0.39 is 9.84 Å². The number of rotatable bonds is 2. The maximum atomic E-state index is 11.5. The quantitative estimate of drug-likeness (QED) is 0.595. The van der Waals surface area contributed by atoms with Crippen LogP contribution in [-0.4, -0.2) is 49.9 Å². The maximum absolute atomic E-state index is 11.5. The second kappa shape index (κ2) is 5.47. The van der Waals surface area contributed by atoms with Crippen LogP contribution in [0.3, 0.4) is 0 Å². The molecule has 1 aliphatic carbocycles. The molecule has 1 aliphatic heterocycles. The Balaban J connectivity index is 1.95. The molecule has 2 aliphatic rings. The molecule has 0 amide bonds. The van der Waals surface area contributed by atoms with Crippen molar-refractivity contribution in [3.8, 4) is 0 Å². The Hall–Kier alpha value is -0.780. The zero-order valence-electron chi connectivity index (χ0n) is 11.0.